The molecule has 0 aliphatic carbocycles. The highest BCUT2D eigenvalue weighted by Crippen LogP contribution is 2.21. The summed E-state index contributed by atoms with van der Waals surface area (Å²) in [5.74, 6) is -0.0899. The van der Waals surface area contributed by atoms with E-state index in [-0.39, 0.29) is 11.2 Å². The minimum atomic E-state index is -0.248. The van der Waals surface area contributed by atoms with Crippen molar-refractivity contribution in [3.05, 3.63) is 17.9 Å². The molecule has 2 aromatic rings. The number of carbonyl (C=O) groups excluding carboxylic acids is 1. The van der Waals surface area contributed by atoms with Gasteiger partial charge in [-0.2, -0.15) is 0 Å². The number of anilines is 1. The molecule has 2 rings (SSSR count). The lowest BCUT2D eigenvalue weighted by Crippen LogP contribution is -2.22. The third-order valence-electron chi connectivity index (χ3n) is 1.98. The van der Waals surface area contributed by atoms with Gasteiger partial charge in [-0.1, -0.05) is 11.8 Å². The Bertz CT molecular complexity index is 495. The highest BCUT2D eigenvalue weighted by atomic mass is 32.2. The molecule has 90 valence electrons. The van der Waals surface area contributed by atoms with Crippen molar-refractivity contribution in [2.75, 3.05) is 5.32 Å². The summed E-state index contributed by atoms with van der Waals surface area (Å²) < 4.78 is 1.78. The van der Waals surface area contributed by atoms with Crippen molar-refractivity contribution in [1.82, 2.24) is 19.7 Å². The van der Waals surface area contributed by atoms with Gasteiger partial charge in [-0.25, -0.2) is 4.98 Å². The van der Waals surface area contributed by atoms with Gasteiger partial charge in [-0.15, -0.1) is 21.5 Å². The van der Waals surface area contributed by atoms with Gasteiger partial charge in [0.25, 0.3) is 0 Å². The minimum absolute atomic E-state index is 0.0899. The number of thioether (sulfide) groups is 1. The molecule has 0 bridgehead atoms. The summed E-state index contributed by atoms with van der Waals surface area (Å²) in [6.45, 7) is 1.82. The normalized spacial score (nSPS) is 12.4. The maximum atomic E-state index is 11.8. The van der Waals surface area contributed by atoms with Gasteiger partial charge in [0, 0.05) is 18.6 Å². The van der Waals surface area contributed by atoms with Crippen LogP contribution in [-0.4, -0.2) is 30.9 Å². The average molecular weight is 269 g/mol. The van der Waals surface area contributed by atoms with Crippen molar-refractivity contribution in [3.8, 4) is 0 Å². The Morgan fingerprint density at radius 2 is 2.47 bits per heavy atom. The van der Waals surface area contributed by atoms with Crippen LogP contribution in [0.15, 0.2) is 23.1 Å². The van der Waals surface area contributed by atoms with Crippen molar-refractivity contribution < 1.29 is 4.79 Å². The predicted molar refractivity (Wildman–Crippen MR) is 67.1 cm³/mol. The van der Waals surface area contributed by atoms with Crippen LogP contribution >= 0.6 is 23.1 Å². The van der Waals surface area contributed by atoms with Gasteiger partial charge in [0.05, 0.1) is 5.25 Å². The summed E-state index contributed by atoms with van der Waals surface area (Å²) in [6.07, 6.45) is 3.26. The summed E-state index contributed by atoms with van der Waals surface area (Å²) in [6, 6.07) is 0. The van der Waals surface area contributed by atoms with Crippen molar-refractivity contribution >= 4 is 34.1 Å². The van der Waals surface area contributed by atoms with Gasteiger partial charge in [0.2, 0.25) is 5.91 Å². The fraction of sp³-hybridized carbons (Fsp3) is 0.333. The zero-order chi connectivity index (χ0) is 12.3. The first-order valence-corrected chi connectivity index (χ1v) is 6.64. The third kappa shape index (κ3) is 3.04. The summed E-state index contributed by atoms with van der Waals surface area (Å²) in [7, 11) is 1.84. The van der Waals surface area contributed by atoms with Crippen molar-refractivity contribution in [1.29, 1.82) is 0 Å². The van der Waals surface area contributed by atoms with Crippen LogP contribution in [0.1, 0.15) is 6.92 Å². The molecule has 0 saturated carbocycles. The molecule has 1 N–H and O–H groups in total. The summed E-state index contributed by atoms with van der Waals surface area (Å²) in [4.78, 5) is 15.8. The SMILES string of the molecule is C[C@@H](Sc1nncn1C)C(=O)Nc1nccs1. The number of aryl methyl sites for hydroxylation is 1. The Morgan fingerprint density at radius 3 is 3.06 bits per heavy atom. The molecule has 2 aromatic heterocycles. The first-order chi connectivity index (χ1) is 8.16. The summed E-state index contributed by atoms with van der Waals surface area (Å²) in [5, 5.41) is 13.3. The Balaban J connectivity index is 1.94. The Labute approximate surface area is 106 Å². The second-order valence-corrected chi connectivity index (χ2v) is 5.51. The van der Waals surface area contributed by atoms with E-state index in [9.17, 15) is 4.79 Å². The number of nitrogens with zero attached hydrogens (tertiary/aromatic N) is 4. The smallest absolute Gasteiger partial charge is 0.239 e. The zero-order valence-electron chi connectivity index (χ0n) is 9.32. The fourth-order valence-corrected chi connectivity index (χ4v) is 2.40. The van der Waals surface area contributed by atoms with Gasteiger partial charge in [-0.05, 0) is 6.92 Å². The molecule has 0 spiro atoms. The van der Waals surface area contributed by atoms with Gasteiger partial charge < -0.3 is 9.88 Å². The standard InChI is InChI=1S/C9H11N5OS2/c1-6(17-9-13-11-5-14(9)2)7(15)12-8-10-3-4-16-8/h3-6H,1-2H3,(H,10,12,15)/t6-/m1/s1. The molecule has 2 heterocycles. The zero-order valence-corrected chi connectivity index (χ0v) is 11.0. The molecule has 6 nitrogen and oxygen atoms in total. The molecule has 0 aromatic carbocycles. The van der Waals surface area contributed by atoms with E-state index in [1.807, 2.05) is 19.4 Å². The van der Waals surface area contributed by atoms with Crippen LogP contribution in [0.4, 0.5) is 5.13 Å². The number of rotatable bonds is 4. The maximum absolute atomic E-state index is 11.8. The van der Waals surface area contributed by atoms with Crippen molar-refractivity contribution in [3.63, 3.8) is 0 Å². The van der Waals surface area contributed by atoms with Crippen LogP contribution in [0, 0.1) is 0 Å². The van der Waals surface area contributed by atoms with Gasteiger partial charge in [-0.3, -0.25) is 4.79 Å². The van der Waals surface area contributed by atoms with E-state index in [4.69, 9.17) is 0 Å². The number of hydrogen-bond acceptors (Lipinski definition) is 6. The molecule has 0 aliphatic heterocycles. The number of carbonyl (C=O) groups is 1. The molecule has 17 heavy (non-hydrogen) atoms. The van der Waals surface area contributed by atoms with Crippen LogP contribution in [0.3, 0.4) is 0 Å². The lowest BCUT2D eigenvalue weighted by Gasteiger charge is -2.09. The van der Waals surface area contributed by atoms with E-state index in [0.717, 1.165) is 0 Å². The van der Waals surface area contributed by atoms with Crippen LogP contribution in [-0.2, 0) is 11.8 Å². The number of aromatic nitrogens is 4. The Morgan fingerprint density at radius 1 is 1.65 bits per heavy atom. The van der Waals surface area contributed by atoms with Crippen LogP contribution in [0.25, 0.3) is 0 Å². The molecule has 0 unspecified atom stereocenters. The second-order valence-electron chi connectivity index (χ2n) is 3.31. The fourth-order valence-electron chi connectivity index (χ4n) is 1.08. The molecular formula is C9H11N5OS2. The van der Waals surface area contributed by atoms with Crippen LogP contribution < -0.4 is 5.32 Å². The third-order valence-corrected chi connectivity index (χ3v) is 3.82. The monoisotopic (exact) mass is 269 g/mol. The lowest BCUT2D eigenvalue weighted by molar-refractivity contribution is -0.115. The van der Waals surface area contributed by atoms with Crippen LogP contribution in [0.5, 0.6) is 0 Å². The molecule has 0 fully saturated rings. The van der Waals surface area contributed by atoms with E-state index in [1.54, 1.807) is 17.1 Å². The van der Waals surface area contributed by atoms with Gasteiger partial charge >= 0.3 is 0 Å². The summed E-state index contributed by atoms with van der Waals surface area (Å²) in [5.41, 5.74) is 0. The average Bonchev–Trinajstić information content (AvgIpc) is 2.91. The van der Waals surface area contributed by atoms with Crippen molar-refractivity contribution in [2.24, 2.45) is 7.05 Å². The minimum Gasteiger partial charge on any atom is -0.312 e. The molecule has 8 heteroatoms. The second kappa shape index (κ2) is 5.28. The van der Waals surface area contributed by atoms with Gasteiger partial charge in [0.1, 0.15) is 6.33 Å². The number of nitrogens with one attached hydrogen (secondary N) is 1. The number of hydrogen-bond donors (Lipinski definition) is 1. The molecular weight excluding hydrogens is 258 g/mol. The highest BCUT2D eigenvalue weighted by molar-refractivity contribution is 8.00. The first kappa shape index (κ1) is 12.1. The Hall–Kier alpha value is -1.41. The Kier molecular flexibility index (Phi) is 3.75. The largest absolute Gasteiger partial charge is 0.312 e. The van der Waals surface area contributed by atoms with E-state index >= 15 is 0 Å². The summed E-state index contributed by atoms with van der Waals surface area (Å²) >= 11 is 2.76. The number of amides is 1. The first-order valence-electron chi connectivity index (χ1n) is 4.88. The van der Waals surface area contributed by atoms with E-state index < -0.39 is 0 Å². The molecule has 0 aliphatic rings. The number of thiazole rings is 1. The maximum Gasteiger partial charge on any atom is 0.239 e. The lowest BCUT2D eigenvalue weighted by atomic mass is 10.4. The highest BCUT2D eigenvalue weighted by Gasteiger charge is 2.17. The van der Waals surface area contributed by atoms with E-state index in [2.05, 4.69) is 20.5 Å². The van der Waals surface area contributed by atoms with Crippen molar-refractivity contribution in [2.45, 2.75) is 17.3 Å². The van der Waals surface area contributed by atoms with Crippen LogP contribution in [0.2, 0.25) is 0 Å². The van der Waals surface area contributed by atoms with E-state index in [1.165, 1.54) is 23.1 Å². The van der Waals surface area contributed by atoms with Gasteiger partial charge in [0.15, 0.2) is 10.3 Å². The topological polar surface area (TPSA) is 72.7 Å². The quantitative estimate of drug-likeness (QED) is 0.849. The predicted octanol–water partition coefficient (Wildman–Crippen LogP) is 1.39. The molecule has 1 atom stereocenters. The molecule has 1 amide bonds. The van der Waals surface area contributed by atoms with E-state index in [0.29, 0.717) is 10.3 Å². The molecule has 0 radical (unpaired) electrons. The molecule has 0 saturated heterocycles.